The number of methoxy groups -OCH3 is 2. The Morgan fingerprint density at radius 2 is 1.36 bits per heavy atom. The molecule has 4 atom stereocenters. The maximum atomic E-state index is 14.6. The molecule has 0 fully saturated rings. The third kappa shape index (κ3) is 11.9. The Bertz CT molecular complexity index is 2680. The fourth-order valence-electron chi connectivity index (χ4n) is 9.21. The zero-order valence-corrected chi connectivity index (χ0v) is 46.4. The molecule has 0 saturated heterocycles. The highest BCUT2D eigenvalue weighted by Gasteiger charge is 2.51. The topological polar surface area (TPSA) is 172 Å². The van der Waals surface area contributed by atoms with Crippen molar-refractivity contribution in [2.75, 3.05) is 56.2 Å². The standard InChI is InChI=1S/C53H66Cl3N5O11Si/c1-11-17-33-22-42-49(72-73(9,10)52(4,5)6)61(51(65)71-31-53(54,55)56)41-28-46(44(67-8)26-38(41)47(62)58(42)29-33)70-21-15-13-14-20-69-45-27-40-37(25-43(45)66-7)48(63)59-30-35(34-18-16-19-36(57)23-34)24-39(59)32(3)60(40)50(64)68-12-2/h11,16-19,23,25-30,32,39,42,49H,12-15,20-22,24,31,57H2,1-10H3/b17-11+/t32-,39-,42-,49-/m0/s1. The van der Waals surface area contributed by atoms with Crippen molar-refractivity contribution in [2.45, 2.75) is 120 Å². The van der Waals surface area contributed by atoms with Crippen molar-refractivity contribution in [1.82, 2.24) is 9.80 Å². The van der Waals surface area contributed by atoms with E-state index < -0.39 is 49.2 Å². The van der Waals surface area contributed by atoms with Crippen molar-refractivity contribution in [3.8, 4) is 23.0 Å². The fraction of sp³-hybridized carbons (Fsp3) is 0.472. The minimum Gasteiger partial charge on any atom is -0.493 e. The molecule has 0 bridgehead atoms. The van der Waals surface area contributed by atoms with Crippen LogP contribution < -0.4 is 34.5 Å². The van der Waals surface area contributed by atoms with Crippen LogP contribution in [0.2, 0.25) is 18.1 Å². The first-order chi connectivity index (χ1) is 34.5. The van der Waals surface area contributed by atoms with E-state index in [1.54, 1.807) is 47.2 Å². The number of rotatable bonds is 16. The Kier molecular flexibility index (Phi) is 17.0. The summed E-state index contributed by atoms with van der Waals surface area (Å²) in [6, 6.07) is 12.5. The van der Waals surface area contributed by atoms with E-state index in [1.807, 2.05) is 56.5 Å². The molecular weight excluding hydrogens is 1020 g/mol. The quantitative estimate of drug-likeness (QED) is 0.0624. The zero-order chi connectivity index (χ0) is 53.2. The van der Waals surface area contributed by atoms with Crippen molar-refractivity contribution >= 4 is 89.8 Å². The molecule has 0 radical (unpaired) electrons. The molecule has 0 aliphatic carbocycles. The molecule has 3 aromatic carbocycles. The Hall–Kier alpha value is -5.59. The summed E-state index contributed by atoms with van der Waals surface area (Å²) >= 11 is 18.2. The number of allylic oxidation sites excluding steroid dienone is 2. The van der Waals surface area contributed by atoms with Gasteiger partial charge in [0, 0.05) is 30.2 Å². The van der Waals surface area contributed by atoms with E-state index in [4.69, 9.17) is 73.4 Å². The number of carbonyl (C=O) groups is 4. The Labute approximate surface area is 443 Å². The largest absolute Gasteiger partial charge is 0.493 e. The molecule has 4 aliphatic rings. The van der Waals surface area contributed by atoms with Gasteiger partial charge in [-0.2, -0.15) is 0 Å². The number of hydrogen-bond donors (Lipinski definition) is 1. The Morgan fingerprint density at radius 1 is 0.781 bits per heavy atom. The monoisotopic (exact) mass is 1080 g/mol. The molecule has 4 amide bonds. The predicted octanol–water partition coefficient (Wildman–Crippen LogP) is 11.9. The van der Waals surface area contributed by atoms with Gasteiger partial charge < -0.3 is 48.4 Å². The molecule has 16 nitrogen and oxygen atoms in total. The first-order valence-corrected chi connectivity index (χ1v) is 28.5. The minimum atomic E-state index is -2.67. The lowest BCUT2D eigenvalue weighted by Crippen LogP contribution is -2.58. The van der Waals surface area contributed by atoms with Gasteiger partial charge in [-0.3, -0.25) is 14.5 Å². The number of ether oxygens (including phenoxy) is 6. The van der Waals surface area contributed by atoms with Gasteiger partial charge >= 0.3 is 12.2 Å². The first kappa shape index (κ1) is 55.2. The van der Waals surface area contributed by atoms with Gasteiger partial charge in [-0.15, -0.1) is 0 Å². The Morgan fingerprint density at radius 3 is 1.89 bits per heavy atom. The molecule has 3 aromatic rings. The second-order valence-electron chi connectivity index (χ2n) is 19.9. The van der Waals surface area contributed by atoms with E-state index in [9.17, 15) is 19.2 Å². The van der Waals surface area contributed by atoms with Crippen molar-refractivity contribution in [1.29, 1.82) is 0 Å². The normalized spacial score (nSPS) is 19.8. The van der Waals surface area contributed by atoms with Crippen molar-refractivity contribution in [3.05, 3.63) is 95.3 Å². The molecule has 0 aromatic heterocycles. The van der Waals surface area contributed by atoms with Crippen LogP contribution >= 0.6 is 34.8 Å². The molecule has 7 rings (SSSR count). The van der Waals surface area contributed by atoms with Crippen LogP contribution in [0.15, 0.2) is 78.7 Å². The molecule has 394 valence electrons. The number of carbonyl (C=O) groups excluding carboxylic acids is 4. The smallest absolute Gasteiger partial charge is 0.416 e. The second kappa shape index (κ2) is 22.5. The molecule has 20 heteroatoms. The number of nitrogens with two attached hydrogens (primary N) is 1. The number of nitrogen functional groups attached to an aromatic ring is 1. The van der Waals surface area contributed by atoms with E-state index in [-0.39, 0.29) is 71.0 Å². The van der Waals surface area contributed by atoms with Crippen molar-refractivity contribution in [2.24, 2.45) is 0 Å². The number of fused-ring (bicyclic) bond motifs is 4. The molecule has 0 spiro atoms. The molecule has 4 heterocycles. The molecule has 73 heavy (non-hydrogen) atoms. The van der Waals surface area contributed by atoms with E-state index >= 15 is 0 Å². The summed E-state index contributed by atoms with van der Waals surface area (Å²) in [5, 5.41) is -0.279. The highest BCUT2D eigenvalue weighted by atomic mass is 35.6. The third-order valence-corrected chi connectivity index (χ3v) is 18.7. The van der Waals surface area contributed by atoms with Gasteiger partial charge in [-0.05, 0) is 112 Å². The zero-order valence-electron chi connectivity index (χ0n) is 43.1. The summed E-state index contributed by atoms with van der Waals surface area (Å²) in [6.07, 6.45) is 7.72. The van der Waals surface area contributed by atoms with E-state index in [2.05, 4.69) is 33.9 Å². The fourth-order valence-corrected chi connectivity index (χ4v) is 10.6. The number of anilines is 3. The average molecular weight is 1080 g/mol. The molecule has 2 N–H and O–H groups in total. The lowest BCUT2D eigenvalue weighted by atomic mass is 9.98. The second-order valence-corrected chi connectivity index (χ2v) is 27.1. The number of unbranched alkanes of at least 4 members (excludes halogenated alkanes) is 2. The van der Waals surface area contributed by atoms with Crippen LogP contribution in [0.4, 0.5) is 26.7 Å². The summed E-state index contributed by atoms with van der Waals surface area (Å²) in [6.45, 7) is 16.0. The van der Waals surface area contributed by atoms with Crippen molar-refractivity contribution < 1.29 is 52.0 Å². The molecular formula is C53H66Cl3N5O11Si. The van der Waals surface area contributed by atoms with Gasteiger partial charge in [0.15, 0.2) is 37.5 Å². The van der Waals surface area contributed by atoms with Gasteiger partial charge in [0.1, 0.15) is 6.61 Å². The molecule has 0 unspecified atom stereocenters. The van der Waals surface area contributed by atoms with Crippen LogP contribution in [-0.2, 0) is 13.9 Å². The summed E-state index contributed by atoms with van der Waals surface area (Å²) in [7, 11) is 0.309. The Balaban J connectivity index is 1.10. The van der Waals surface area contributed by atoms with E-state index in [1.165, 1.54) is 24.0 Å². The predicted molar refractivity (Wildman–Crippen MR) is 287 cm³/mol. The van der Waals surface area contributed by atoms with Crippen LogP contribution in [0.1, 0.15) is 99.9 Å². The lowest BCUT2D eigenvalue weighted by Gasteiger charge is -2.44. The maximum absolute atomic E-state index is 14.6. The minimum absolute atomic E-state index is 0.142. The van der Waals surface area contributed by atoms with Crippen molar-refractivity contribution in [3.63, 3.8) is 0 Å². The van der Waals surface area contributed by atoms with E-state index in [0.717, 1.165) is 16.7 Å². The molecule has 0 saturated carbocycles. The summed E-state index contributed by atoms with van der Waals surface area (Å²) in [5.41, 5.74) is 10.4. The number of nitrogens with zero attached hydrogens (tertiary/aromatic N) is 4. The number of amides is 4. The van der Waals surface area contributed by atoms with Gasteiger partial charge in [0.05, 0.1) is 74.7 Å². The van der Waals surface area contributed by atoms with Crippen LogP contribution in [0, 0.1) is 0 Å². The highest BCUT2D eigenvalue weighted by Crippen LogP contribution is 2.47. The van der Waals surface area contributed by atoms with Crippen LogP contribution in [-0.4, -0.2) is 111 Å². The number of hydrogen-bond acceptors (Lipinski definition) is 12. The summed E-state index contributed by atoms with van der Waals surface area (Å²) < 4.78 is 40.6. The lowest BCUT2D eigenvalue weighted by molar-refractivity contribution is 0.0584. The maximum Gasteiger partial charge on any atom is 0.416 e. The van der Waals surface area contributed by atoms with Gasteiger partial charge in [-0.1, -0.05) is 79.9 Å². The summed E-state index contributed by atoms with van der Waals surface area (Å²) in [5.74, 6) is 0.589. The third-order valence-electron chi connectivity index (χ3n) is 13.9. The number of benzene rings is 3. The van der Waals surface area contributed by atoms with Crippen LogP contribution in [0.5, 0.6) is 23.0 Å². The number of halogens is 3. The highest BCUT2D eigenvalue weighted by molar-refractivity contribution is 6.74. The van der Waals surface area contributed by atoms with Crippen LogP contribution in [0.25, 0.3) is 5.57 Å². The SMILES string of the molecule is C/C=C/C1=CN2C(=O)c3cc(OC)c(OCCCCCOc4cc5c(cc4OC)C(=O)N4C=C(c6cccc(N)c6)C[C@H]4[C@H](C)N5C(=O)OCC)cc3N(C(=O)OCC(Cl)(Cl)Cl)[C@@H](O[Si](C)(C)C(C)(C)C)[C@@H]2C1. The van der Waals surface area contributed by atoms with Gasteiger partial charge in [0.2, 0.25) is 3.79 Å². The van der Waals surface area contributed by atoms with Crippen LogP contribution in [0.3, 0.4) is 0 Å². The van der Waals surface area contributed by atoms with Gasteiger partial charge in [0.25, 0.3) is 11.8 Å². The summed E-state index contributed by atoms with van der Waals surface area (Å²) in [4.78, 5) is 63.4. The van der Waals surface area contributed by atoms with E-state index in [0.29, 0.717) is 55.0 Å². The first-order valence-electron chi connectivity index (χ1n) is 24.4. The van der Waals surface area contributed by atoms with Gasteiger partial charge in [-0.25, -0.2) is 14.5 Å². The molecule has 4 aliphatic heterocycles. The number of alkyl halides is 3. The average Bonchev–Trinajstić information content (AvgIpc) is 3.94.